The molecule has 1 aromatic carbocycles. The predicted octanol–water partition coefficient (Wildman–Crippen LogP) is 3.51. The quantitative estimate of drug-likeness (QED) is 0.901. The summed E-state index contributed by atoms with van der Waals surface area (Å²) in [6, 6.07) is 8.53. The highest BCUT2D eigenvalue weighted by molar-refractivity contribution is 5.95. The predicted molar refractivity (Wildman–Crippen MR) is 78.6 cm³/mol. The second-order valence-electron chi connectivity index (χ2n) is 5.66. The summed E-state index contributed by atoms with van der Waals surface area (Å²) in [5.41, 5.74) is 6.08. The van der Waals surface area contributed by atoms with Gasteiger partial charge in [0, 0.05) is 30.1 Å². The maximum absolute atomic E-state index is 11.6. The second-order valence-corrected chi connectivity index (χ2v) is 5.66. The number of rotatable bonds is 2. The molecule has 20 heavy (non-hydrogen) atoms. The molecule has 0 radical (unpaired) electrons. The SMILES string of the molecule is O=C1CCc2cc(-c3cccnc3)c(C3CC3)cc2N1. The van der Waals surface area contributed by atoms with E-state index in [4.69, 9.17) is 0 Å². The molecule has 3 heteroatoms. The van der Waals surface area contributed by atoms with Gasteiger partial charge >= 0.3 is 0 Å². The molecule has 2 aliphatic rings. The van der Waals surface area contributed by atoms with Gasteiger partial charge in [-0.2, -0.15) is 0 Å². The monoisotopic (exact) mass is 264 g/mol. The molecule has 0 spiro atoms. The first-order valence-electron chi connectivity index (χ1n) is 7.18. The Kier molecular flexibility index (Phi) is 2.59. The Morgan fingerprint density at radius 3 is 2.85 bits per heavy atom. The van der Waals surface area contributed by atoms with E-state index < -0.39 is 0 Å². The van der Waals surface area contributed by atoms with Crippen molar-refractivity contribution in [3.8, 4) is 11.1 Å². The van der Waals surface area contributed by atoms with Crippen molar-refractivity contribution in [3.05, 3.63) is 47.8 Å². The van der Waals surface area contributed by atoms with Crippen molar-refractivity contribution in [2.24, 2.45) is 0 Å². The second kappa shape index (κ2) is 4.44. The van der Waals surface area contributed by atoms with Crippen LogP contribution in [0.4, 0.5) is 5.69 Å². The smallest absolute Gasteiger partial charge is 0.224 e. The first-order valence-corrected chi connectivity index (χ1v) is 7.18. The minimum Gasteiger partial charge on any atom is -0.326 e. The highest BCUT2D eigenvalue weighted by Gasteiger charge is 2.28. The summed E-state index contributed by atoms with van der Waals surface area (Å²) in [6.07, 6.45) is 7.65. The van der Waals surface area contributed by atoms with Crippen LogP contribution in [-0.4, -0.2) is 10.9 Å². The number of anilines is 1. The van der Waals surface area contributed by atoms with Crippen molar-refractivity contribution in [2.45, 2.75) is 31.6 Å². The fourth-order valence-electron chi connectivity index (χ4n) is 2.95. The van der Waals surface area contributed by atoms with Gasteiger partial charge in [0.1, 0.15) is 0 Å². The van der Waals surface area contributed by atoms with E-state index in [9.17, 15) is 4.79 Å². The molecule has 0 unspecified atom stereocenters. The fourth-order valence-corrected chi connectivity index (χ4v) is 2.95. The summed E-state index contributed by atoms with van der Waals surface area (Å²) >= 11 is 0. The number of hydrogen-bond donors (Lipinski definition) is 1. The Morgan fingerprint density at radius 1 is 1.20 bits per heavy atom. The van der Waals surface area contributed by atoms with Gasteiger partial charge in [0.05, 0.1) is 0 Å². The van der Waals surface area contributed by atoms with E-state index in [1.54, 1.807) is 6.20 Å². The third kappa shape index (κ3) is 1.99. The first-order chi connectivity index (χ1) is 9.81. The van der Waals surface area contributed by atoms with Crippen LogP contribution < -0.4 is 5.32 Å². The molecule has 1 aliphatic heterocycles. The molecule has 0 bridgehead atoms. The molecule has 1 aromatic heterocycles. The Balaban J connectivity index is 1.87. The maximum Gasteiger partial charge on any atom is 0.224 e. The number of carbonyl (C=O) groups excluding carboxylic acids is 1. The molecule has 100 valence electrons. The zero-order chi connectivity index (χ0) is 13.5. The molecular formula is C17H16N2O. The topological polar surface area (TPSA) is 42.0 Å². The van der Waals surface area contributed by atoms with Crippen LogP contribution in [-0.2, 0) is 11.2 Å². The van der Waals surface area contributed by atoms with E-state index in [2.05, 4.69) is 28.5 Å². The van der Waals surface area contributed by atoms with Crippen LogP contribution >= 0.6 is 0 Å². The van der Waals surface area contributed by atoms with Gasteiger partial charge in [-0.05, 0) is 60.1 Å². The summed E-state index contributed by atoms with van der Waals surface area (Å²) in [4.78, 5) is 15.8. The molecule has 1 fully saturated rings. The Labute approximate surface area is 118 Å². The number of carbonyl (C=O) groups is 1. The summed E-state index contributed by atoms with van der Waals surface area (Å²) in [6.45, 7) is 0. The molecule has 1 N–H and O–H groups in total. The summed E-state index contributed by atoms with van der Waals surface area (Å²) in [5, 5.41) is 3.01. The summed E-state index contributed by atoms with van der Waals surface area (Å²) < 4.78 is 0. The van der Waals surface area contributed by atoms with E-state index in [0.29, 0.717) is 12.3 Å². The molecule has 0 saturated heterocycles. The van der Waals surface area contributed by atoms with Crippen LogP contribution in [0, 0.1) is 0 Å². The number of amides is 1. The van der Waals surface area contributed by atoms with E-state index >= 15 is 0 Å². The van der Waals surface area contributed by atoms with Crippen molar-refractivity contribution >= 4 is 11.6 Å². The third-order valence-corrected chi connectivity index (χ3v) is 4.16. The van der Waals surface area contributed by atoms with Crippen LogP contribution in [0.5, 0.6) is 0 Å². The van der Waals surface area contributed by atoms with Crippen molar-refractivity contribution in [1.82, 2.24) is 4.98 Å². The van der Waals surface area contributed by atoms with Crippen molar-refractivity contribution in [1.29, 1.82) is 0 Å². The lowest BCUT2D eigenvalue weighted by atomic mass is 9.91. The lowest BCUT2D eigenvalue weighted by Gasteiger charge is -2.20. The maximum atomic E-state index is 11.6. The summed E-state index contributed by atoms with van der Waals surface area (Å²) in [5.74, 6) is 0.780. The van der Waals surface area contributed by atoms with Gasteiger partial charge in [-0.25, -0.2) is 0 Å². The van der Waals surface area contributed by atoms with E-state index in [1.807, 2.05) is 12.3 Å². The van der Waals surface area contributed by atoms with Gasteiger partial charge in [0.2, 0.25) is 5.91 Å². The number of nitrogens with one attached hydrogen (secondary N) is 1. The number of aromatic nitrogens is 1. The fraction of sp³-hybridized carbons (Fsp3) is 0.294. The highest BCUT2D eigenvalue weighted by atomic mass is 16.1. The van der Waals surface area contributed by atoms with Gasteiger partial charge < -0.3 is 5.32 Å². The van der Waals surface area contributed by atoms with Gasteiger partial charge in [0.15, 0.2) is 0 Å². The molecule has 1 amide bonds. The number of hydrogen-bond acceptors (Lipinski definition) is 2. The lowest BCUT2D eigenvalue weighted by molar-refractivity contribution is -0.116. The lowest BCUT2D eigenvalue weighted by Crippen LogP contribution is -2.19. The van der Waals surface area contributed by atoms with Gasteiger partial charge in [-0.15, -0.1) is 0 Å². The summed E-state index contributed by atoms with van der Waals surface area (Å²) in [7, 11) is 0. The number of aryl methyl sites for hydroxylation is 1. The molecule has 3 nitrogen and oxygen atoms in total. The molecule has 2 aromatic rings. The van der Waals surface area contributed by atoms with Crippen LogP contribution in [0.25, 0.3) is 11.1 Å². The first kappa shape index (κ1) is 11.6. The van der Waals surface area contributed by atoms with E-state index in [-0.39, 0.29) is 5.91 Å². The normalized spacial score (nSPS) is 17.5. The minimum absolute atomic E-state index is 0.133. The van der Waals surface area contributed by atoms with Crippen molar-refractivity contribution in [2.75, 3.05) is 5.32 Å². The zero-order valence-corrected chi connectivity index (χ0v) is 11.2. The molecular weight excluding hydrogens is 248 g/mol. The number of nitrogens with zero attached hydrogens (tertiary/aromatic N) is 1. The number of fused-ring (bicyclic) bond motifs is 1. The van der Waals surface area contributed by atoms with Gasteiger partial charge in [-0.1, -0.05) is 6.07 Å². The standard InChI is InChI=1S/C17H16N2O/c20-17-6-5-12-8-14(13-2-1-7-18-10-13)15(11-3-4-11)9-16(12)19-17/h1-2,7-11H,3-6H2,(H,19,20). The minimum atomic E-state index is 0.133. The van der Waals surface area contributed by atoms with Crippen LogP contribution in [0.15, 0.2) is 36.7 Å². The van der Waals surface area contributed by atoms with Crippen LogP contribution in [0.2, 0.25) is 0 Å². The van der Waals surface area contributed by atoms with Crippen LogP contribution in [0.3, 0.4) is 0 Å². The van der Waals surface area contributed by atoms with Crippen molar-refractivity contribution in [3.63, 3.8) is 0 Å². The molecule has 4 rings (SSSR count). The molecule has 2 heterocycles. The van der Waals surface area contributed by atoms with Crippen molar-refractivity contribution < 1.29 is 4.79 Å². The number of benzene rings is 1. The average molecular weight is 264 g/mol. The Morgan fingerprint density at radius 2 is 2.10 bits per heavy atom. The molecule has 1 aliphatic carbocycles. The van der Waals surface area contributed by atoms with Gasteiger partial charge in [0.25, 0.3) is 0 Å². The third-order valence-electron chi connectivity index (χ3n) is 4.16. The molecule has 1 saturated carbocycles. The number of pyridine rings is 1. The molecule has 0 atom stereocenters. The van der Waals surface area contributed by atoms with Gasteiger partial charge in [-0.3, -0.25) is 9.78 Å². The zero-order valence-electron chi connectivity index (χ0n) is 11.2. The average Bonchev–Trinajstić information content (AvgIpc) is 3.31. The van der Waals surface area contributed by atoms with E-state index in [0.717, 1.165) is 12.1 Å². The van der Waals surface area contributed by atoms with Crippen LogP contribution in [0.1, 0.15) is 36.3 Å². The Bertz CT molecular complexity index is 675. The largest absolute Gasteiger partial charge is 0.326 e. The Hall–Kier alpha value is -2.16. The van der Waals surface area contributed by atoms with E-state index in [1.165, 1.54) is 35.1 Å². The highest BCUT2D eigenvalue weighted by Crippen LogP contribution is 2.46.